The summed E-state index contributed by atoms with van der Waals surface area (Å²) in [5.41, 5.74) is 14.0. The van der Waals surface area contributed by atoms with E-state index in [1.165, 1.54) is 0 Å². The van der Waals surface area contributed by atoms with E-state index in [-0.39, 0.29) is 0 Å². The van der Waals surface area contributed by atoms with Crippen LogP contribution in [0.5, 0.6) is 0 Å². The number of furan rings is 1. The Balaban J connectivity index is 1.12. The largest absolute Gasteiger partial charge is 0.455 e. The highest BCUT2D eigenvalue weighted by molar-refractivity contribution is 6.21. The van der Waals surface area contributed by atoms with E-state index in [4.69, 9.17) is 19.4 Å². The third-order valence-corrected chi connectivity index (χ3v) is 12.8. The van der Waals surface area contributed by atoms with Crippen molar-refractivity contribution in [3.63, 3.8) is 0 Å². The first-order chi connectivity index (χ1) is 32.7. The van der Waals surface area contributed by atoms with Crippen LogP contribution in [0.25, 0.3) is 128 Å². The third kappa shape index (κ3) is 6.21. The van der Waals surface area contributed by atoms with E-state index in [9.17, 15) is 0 Å². The summed E-state index contributed by atoms with van der Waals surface area (Å²) in [5, 5.41) is 6.64. The van der Waals surface area contributed by atoms with Crippen molar-refractivity contribution in [2.75, 3.05) is 0 Å². The molecule has 13 rings (SSSR count). The van der Waals surface area contributed by atoms with E-state index < -0.39 is 0 Å². The van der Waals surface area contributed by atoms with Crippen molar-refractivity contribution >= 4 is 54.5 Å². The summed E-state index contributed by atoms with van der Waals surface area (Å²) in [5.74, 6) is 1.74. The Morgan fingerprint density at radius 1 is 0.333 bits per heavy atom. The van der Waals surface area contributed by atoms with Gasteiger partial charge in [-0.3, -0.25) is 0 Å². The second kappa shape index (κ2) is 15.4. The molecule has 308 valence electrons. The Kier molecular flexibility index (Phi) is 8.78. The van der Waals surface area contributed by atoms with Crippen LogP contribution in [0.15, 0.2) is 235 Å². The maximum atomic E-state index is 6.81. The molecule has 0 spiro atoms. The monoisotopic (exact) mass is 842 g/mol. The highest BCUT2D eigenvalue weighted by atomic mass is 16.3. The van der Waals surface area contributed by atoms with E-state index in [0.29, 0.717) is 17.5 Å². The van der Waals surface area contributed by atoms with Crippen molar-refractivity contribution in [2.45, 2.75) is 0 Å². The Labute approximate surface area is 380 Å². The summed E-state index contributed by atoms with van der Waals surface area (Å²) in [6.07, 6.45) is 0. The smallest absolute Gasteiger partial charge is 0.165 e. The lowest BCUT2D eigenvalue weighted by atomic mass is 9.91. The van der Waals surface area contributed by atoms with Gasteiger partial charge in [-0.05, 0) is 93.2 Å². The maximum absolute atomic E-state index is 6.81. The average molecular weight is 843 g/mol. The van der Waals surface area contributed by atoms with Gasteiger partial charge in [0.25, 0.3) is 0 Å². The number of rotatable bonds is 7. The molecule has 0 atom stereocenters. The first-order valence-corrected chi connectivity index (χ1v) is 22.3. The highest BCUT2D eigenvalue weighted by Gasteiger charge is 2.23. The lowest BCUT2D eigenvalue weighted by Crippen LogP contribution is -2.03. The highest BCUT2D eigenvalue weighted by Crippen LogP contribution is 2.44. The molecule has 10 aromatic carbocycles. The number of fused-ring (bicyclic) bond motifs is 8. The van der Waals surface area contributed by atoms with Gasteiger partial charge in [0.05, 0.1) is 11.0 Å². The molecule has 13 aromatic rings. The van der Waals surface area contributed by atoms with Crippen LogP contribution < -0.4 is 0 Å². The minimum Gasteiger partial charge on any atom is -0.455 e. The van der Waals surface area contributed by atoms with Crippen molar-refractivity contribution in [2.24, 2.45) is 0 Å². The molecule has 0 aliphatic heterocycles. The molecule has 0 unspecified atom stereocenters. The fraction of sp³-hybridized carbons (Fsp3) is 0. The van der Waals surface area contributed by atoms with E-state index in [2.05, 4.69) is 229 Å². The van der Waals surface area contributed by atoms with Gasteiger partial charge < -0.3 is 8.98 Å². The first-order valence-electron chi connectivity index (χ1n) is 22.3. The summed E-state index contributed by atoms with van der Waals surface area (Å²) in [6.45, 7) is 0. The number of benzene rings is 10. The zero-order valence-electron chi connectivity index (χ0n) is 35.6. The van der Waals surface area contributed by atoms with E-state index >= 15 is 0 Å². The lowest BCUT2D eigenvalue weighted by Gasteiger charge is -2.17. The van der Waals surface area contributed by atoms with Crippen LogP contribution in [-0.4, -0.2) is 19.5 Å². The molecule has 66 heavy (non-hydrogen) atoms. The van der Waals surface area contributed by atoms with Gasteiger partial charge in [-0.25, -0.2) is 15.0 Å². The Hall–Kier alpha value is -8.93. The summed E-state index contributed by atoms with van der Waals surface area (Å²) >= 11 is 0. The van der Waals surface area contributed by atoms with Gasteiger partial charge in [-0.2, -0.15) is 0 Å². The zero-order chi connectivity index (χ0) is 43.6. The fourth-order valence-electron chi connectivity index (χ4n) is 9.83. The quantitative estimate of drug-likeness (QED) is 0.160. The summed E-state index contributed by atoms with van der Waals surface area (Å²) in [6, 6.07) is 80.9. The maximum Gasteiger partial charge on any atom is 0.165 e. The van der Waals surface area contributed by atoms with Crippen LogP contribution in [0.2, 0.25) is 0 Å². The molecule has 3 heterocycles. The van der Waals surface area contributed by atoms with E-state index in [1.807, 2.05) is 6.07 Å². The Bertz CT molecular complexity index is 3910. The Morgan fingerprint density at radius 2 is 0.879 bits per heavy atom. The van der Waals surface area contributed by atoms with Crippen LogP contribution in [0.1, 0.15) is 0 Å². The van der Waals surface area contributed by atoms with Gasteiger partial charge in [-0.1, -0.05) is 176 Å². The van der Waals surface area contributed by atoms with Crippen molar-refractivity contribution in [1.29, 1.82) is 0 Å². The molecule has 0 N–H and O–H groups in total. The van der Waals surface area contributed by atoms with E-state index in [0.717, 1.165) is 110 Å². The number of hydrogen-bond donors (Lipinski definition) is 0. The molecule has 0 bridgehead atoms. The van der Waals surface area contributed by atoms with Crippen molar-refractivity contribution in [3.8, 4) is 73.2 Å². The summed E-state index contributed by atoms with van der Waals surface area (Å²) < 4.78 is 9.14. The van der Waals surface area contributed by atoms with Crippen LogP contribution in [0.3, 0.4) is 0 Å². The first kappa shape index (κ1) is 37.6. The molecule has 0 radical (unpaired) electrons. The second-order valence-electron chi connectivity index (χ2n) is 16.7. The van der Waals surface area contributed by atoms with E-state index in [1.54, 1.807) is 0 Å². The van der Waals surface area contributed by atoms with Gasteiger partial charge in [0, 0.05) is 49.5 Å². The van der Waals surface area contributed by atoms with Crippen molar-refractivity contribution in [1.82, 2.24) is 19.5 Å². The number of hydrogen-bond acceptors (Lipinski definition) is 4. The SMILES string of the molecule is c1ccc(-c2cccc(-c3ccccc3)c2-c2nc(-c3cc(-c4ccccc4)c4oc5ccc6ccccc6c5c4c3)nc(-c3ccc4c(c3)c3ccccc3n4-c3ccccc3)n2)cc1. The number of para-hydroxylation sites is 2. The predicted octanol–water partition coefficient (Wildman–Crippen LogP) is 16.0. The van der Waals surface area contributed by atoms with Crippen LogP contribution >= 0.6 is 0 Å². The molecule has 0 amide bonds. The molecule has 0 aliphatic rings. The fourth-order valence-corrected chi connectivity index (χ4v) is 9.83. The molecule has 0 fully saturated rings. The predicted molar refractivity (Wildman–Crippen MR) is 272 cm³/mol. The minimum absolute atomic E-state index is 0.567. The van der Waals surface area contributed by atoms with Crippen LogP contribution in [0.4, 0.5) is 0 Å². The van der Waals surface area contributed by atoms with Crippen molar-refractivity contribution in [3.05, 3.63) is 231 Å². The molecule has 5 heteroatoms. The average Bonchev–Trinajstić information content (AvgIpc) is 3.95. The normalized spacial score (nSPS) is 11.6. The van der Waals surface area contributed by atoms with Gasteiger partial charge in [0.2, 0.25) is 0 Å². The van der Waals surface area contributed by atoms with Gasteiger partial charge in [0.1, 0.15) is 11.2 Å². The third-order valence-electron chi connectivity index (χ3n) is 12.8. The molecule has 0 saturated carbocycles. The standard InChI is InChI=1S/C61H38N4O/c1-5-18-39(19-6-1)47-29-17-30-48(40-20-7-2-8-21-40)57(47)61-63-59(43-32-34-54-51(36-43)49-28-15-16-31-53(49)65(54)45-25-11-4-12-26-45)62-60(64-61)44-37-50(41-22-9-3-10-23-41)58-52(38-44)56-46-27-14-13-24-42(46)33-35-55(56)66-58/h1-38H. The molecular formula is C61H38N4O. The molecular weight excluding hydrogens is 805 g/mol. The van der Waals surface area contributed by atoms with Crippen molar-refractivity contribution < 1.29 is 4.42 Å². The molecule has 5 nitrogen and oxygen atoms in total. The van der Waals surface area contributed by atoms with Gasteiger partial charge in [-0.15, -0.1) is 0 Å². The molecule has 0 saturated heterocycles. The number of nitrogens with zero attached hydrogens (tertiary/aromatic N) is 4. The van der Waals surface area contributed by atoms with Gasteiger partial charge in [0.15, 0.2) is 17.5 Å². The lowest BCUT2D eigenvalue weighted by molar-refractivity contribution is 0.670. The topological polar surface area (TPSA) is 56.7 Å². The summed E-state index contributed by atoms with van der Waals surface area (Å²) in [7, 11) is 0. The van der Waals surface area contributed by atoms with Gasteiger partial charge >= 0.3 is 0 Å². The molecule has 3 aromatic heterocycles. The summed E-state index contributed by atoms with van der Waals surface area (Å²) in [4.78, 5) is 16.5. The Morgan fingerprint density at radius 3 is 1.58 bits per heavy atom. The second-order valence-corrected chi connectivity index (χ2v) is 16.7. The zero-order valence-corrected chi connectivity index (χ0v) is 35.6. The van der Waals surface area contributed by atoms with Crippen LogP contribution in [-0.2, 0) is 0 Å². The number of aromatic nitrogens is 4. The molecule has 0 aliphatic carbocycles. The minimum atomic E-state index is 0.567. The van der Waals surface area contributed by atoms with Crippen LogP contribution in [0, 0.1) is 0 Å².